The van der Waals surface area contributed by atoms with Gasteiger partial charge in [-0.2, -0.15) is 0 Å². The molecule has 2 N–H and O–H groups in total. The Balaban J connectivity index is 2.21. The van der Waals surface area contributed by atoms with Gasteiger partial charge in [-0.1, -0.05) is 13.8 Å². The normalized spacial score (nSPS) is 23.5. The van der Waals surface area contributed by atoms with E-state index in [0.29, 0.717) is 24.4 Å². The van der Waals surface area contributed by atoms with Gasteiger partial charge in [-0.05, 0) is 25.9 Å². The van der Waals surface area contributed by atoms with E-state index >= 15 is 0 Å². The molecule has 2 atom stereocenters. The Bertz CT molecular complexity index is 358. The van der Waals surface area contributed by atoms with Gasteiger partial charge in [0, 0.05) is 36.9 Å². The highest BCUT2D eigenvalue weighted by Crippen LogP contribution is 2.28. The van der Waals surface area contributed by atoms with Crippen LogP contribution in [0.2, 0.25) is 0 Å². The maximum atomic E-state index is 5.91. The molecule has 0 amide bonds. The second kappa shape index (κ2) is 5.19. The molecule has 0 spiro atoms. The summed E-state index contributed by atoms with van der Waals surface area (Å²) in [5.74, 6) is 0.984. The standard InChI is InChI=1S/C13H24N4/c1-10(2)12(6-14)13-7-15-9-17(13)11-4-5-16(3)8-11/h7,9-12H,4-6,8,14H2,1-3H3. The zero-order chi connectivity index (χ0) is 12.4. The highest BCUT2D eigenvalue weighted by atomic mass is 15.2. The van der Waals surface area contributed by atoms with Gasteiger partial charge in [-0.25, -0.2) is 4.98 Å². The van der Waals surface area contributed by atoms with Crippen LogP contribution in [0.1, 0.15) is 37.9 Å². The van der Waals surface area contributed by atoms with Crippen LogP contribution in [-0.2, 0) is 0 Å². The van der Waals surface area contributed by atoms with E-state index in [9.17, 15) is 0 Å². The lowest BCUT2D eigenvalue weighted by Gasteiger charge is -2.23. The number of likely N-dealkylation sites (N-methyl/N-ethyl adjacent to an activating group) is 1. The molecule has 1 aromatic heterocycles. The molecule has 1 aliphatic heterocycles. The summed E-state index contributed by atoms with van der Waals surface area (Å²) in [6.07, 6.45) is 5.19. The van der Waals surface area contributed by atoms with Gasteiger partial charge in [0.1, 0.15) is 0 Å². The van der Waals surface area contributed by atoms with Gasteiger partial charge >= 0.3 is 0 Å². The molecule has 0 bridgehead atoms. The largest absolute Gasteiger partial charge is 0.330 e. The average molecular weight is 236 g/mol. The third-order valence-electron chi connectivity index (χ3n) is 3.89. The Hall–Kier alpha value is -0.870. The minimum absolute atomic E-state index is 0.420. The summed E-state index contributed by atoms with van der Waals surface area (Å²) in [4.78, 5) is 6.71. The van der Waals surface area contributed by atoms with Crippen molar-refractivity contribution in [2.75, 3.05) is 26.7 Å². The monoisotopic (exact) mass is 236 g/mol. The van der Waals surface area contributed by atoms with Crippen molar-refractivity contribution in [2.45, 2.75) is 32.2 Å². The van der Waals surface area contributed by atoms with Crippen LogP contribution in [0.3, 0.4) is 0 Å². The summed E-state index contributed by atoms with van der Waals surface area (Å²) in [5.41, 5.74) is 7.22. The maximum absolute atomic E-state index is 5.91. The average Bonchev–Trinajstić information content (AvgIpc) is 2.87. The highest BCUT2D eigenvalue weighted by Gasteiger charge is 2.26. The molecule has 2 unspecified atom stereocenters. The van der Waals surface area contributed by atoms with Crippen LogP contribution in [0.5, 0.6) is 0 Å². The van der Waals surface area contributed by atoms with E-state index < -0.39 is 0 Å². The minimum atomic E-state index is 0.420. The lowest BCUT2D eigenvalue weighted by Crippen LogP contribution is -2.23. The molecule has 1 aliphatic rings. The Morgan fingerprint density at radius 1 is 1.53 bits per heavy atom. The molecule has 0 radical (unpaired) electrons. The van der Waals surface area contributed by atoms with Crippen molar-refractivity contribution in [2.24, 2.45) is 11.7 Å². The van der Waals surface area contributed by atoms with Crippen LogP contribution in [0.15, 0.2) is 12.5 Å². The Morgan fingerprint density at radius 3 is 2.82 bits per heavy atom. The number of nitrogens with zero attached hydrogens (tertiary/aromatic N) is 3. The Kier molecular flexibility index (Phi) is 3.84. The van der Waals surface area contributed by atoms with Crippen LogP contribution in [-0.4, -0.2) is 41.1 Å². The van der Waals surface area contributed by atoms with Gasteiger partial charge < -0.3 is 15.2 Å². The molecule has 0 aliphatic carbocycles. The molecule has 1 saturated heterocycles. The van der Waals surface area contributed by atoms with E-state index in [1.165, 1.54) is 18.7 Å². The second-order valence-electron chi connectivity index (χ2n) is 5.52. The maximum Gasteiger partial charge on any atom is 0.0951 e. The summed E-state index contributed by atoms with van der Waals surface area (Å²) in [7, 11) is 2.18. The van der Waals surface area contributed by atoms with Crippen molar-refractivity contribution in [1.29, 1.82) is 0 Å². The Labute approximate surface area is 104 Å². The summed E-state index contributed by atoms with van der Waals surface area (Å²) in [5, 5.41) is 0. The van der Waals surface area contributed by atoms with Crippen molar-refractivity contribution >= 4 is 0 Å². The molecule has 4 nitrogen and oxygen atoms in total. The first-order valence-electron chi connectivity index (χ1n) is 6.53. The van der Waals surface area contributed by atoms with Crippen molar-refractivity contribution in [3.63, 3.8) is 0 Å². The van der Waals surface area contributed by atoms with E-state index in [2.05, 4.69) is 35.3 Å². The number of nitrogens with two attached hydrogens (primary N) is 1. The van der Waals surface area contributed by atoms with E-state index in [-0.39, 0.29) is 0 Å². The molecule has 0 saturated carbocycles. The van der Waals surface area contributed by atoms with Crippen LogP contribution >= 0.6 is 0 Å². The second-order valence-corrected chi connectivity index (χ2v) is 5.52. The van der Waals surface area contributed by atoms with Crippen molar-refractivity contribution in [1.82, 2.24) is 14.5 Å². The summed E-state index contributed by atoms with van der Waals surface area (Å²) in [6.45, 7) is 7.47. The molecule has 0 aromatic carbocycles. The van der Waals surface area contributed by atoms with Crippen molar-refractivity contribution < 1.29 is 0 Å². The van der Waals surface area contributed by atoms with Gasteiger partial charge in [0.05, 0.1) is 6.33 Å². The van der Waals surface area contributed by atoms with Crippen molar-refractivity contribution in [3.05, 3.63) is 18.2 Å². The number of hydrogen-bond acceptors (Lipinski definition) is 3. The number of rotatable bonds is 4. The van der Waals surface area contributed by atoms with Gasteiger partial charge in [-0.15, -0.1) is 0 Å². The Morgan fingerprint density at radius 2 is 2.29 bits per heavy atom. The topological polar surface area (TPSA) is 47.1 Å². The fourth-order valence-electron chi connectivity index (χ4n) is 2.78. The third-order valence-corrected chi connectivity index (χ3v) is 3.89. The van der Waals surface area contributed by atoms with E-state index in [0.717, 1.165) is 6.54 Å². The van der Waals surface area contributed by atoms with Crippen LogP contribution in [0, 0.1) is 5.92 Å². The predicted octanol–water partition coefficient (Wildman–Crippen LogP) is 1.46. The minimum Gasteiger partial charge on any atom is -0.330 e. The third kappa shape index (κ3) is 2.53. The molecule has 4 heteroatoms. The van der Waals surface area contributed by atoms with Gasteiger partial charge in [0.2, 0.25) is 0 Å². The number of hydrogen-bond donors (Lipinski definition) is 1. The highest BCUT2D eigenvalue weighted by molar-refractivity contribution is 5.10. The summed E-state index contributed by atoms with van der Waals surface area (Å²) >= 11 is 0. The van der Waals surface area contributed by atoms with Gasteiger partial charge in [-0.3, -0.25) is 0 Å². The summed E-state index contributed by atoms with van der Waals surface area (Å²) < 4.78 is 2.35. The molecule has 1 fully saturated rings. The van der Waals surface area contributed by atoms with Crippen LogP contribution in [0.4, 0.5) is 0 Å². The SMILES string of the molecule is CC(C)C(CN)c1cncn1C1CCN(C)C1. The van der Waals surface area contributed by atoms with Crippen LogP contribution in [0.25, 0.3) is 0 Å². The van der Waals surface area contributed by atoms with Crippen molar-refractivity contribution in [3.8, 4) is 0 Å². The molecule has 2 rings (SSSR count). The number of likely N-dealkylation sites (tertiary alicyclic amines) is 1. The molecular weight excluding hydrogens is 212 g/mol. The molecule has 96 valence electrons. The molecular formula is C13H24N4. The van der Waals surface area contributed by atoms with E-state index in [1.807, 2.05) is 12.5 Å². The number of imidazole rings is 1. The smallest absolute Gasteiger partial charge is 0.0951 e. The first kappa shape index (κ1) is 12.6. The molecule has 1 aromatic rings. The van der Waals surface area contributed by atoms with Gasteiger partial charge in [0.25, 0.3) is 0 Å². The first-order valence-corrected chi connectivity index (χ1v) is 6.53. The number of aromatic nitrogens is 2. The summed E-state index contributed by atoms with van der Waals surface area (Å²) in [6, 6.07) is 0.574. The molecule has 17 heavy (non-hydrogen) atoms. The van der Waals surface area contributed by atoms with Gasteiger partial charge in [0.15, 0.2) is 0 Å². The quantitative estimate of drug-likeness (QED) is 0.861. The zero-order valence-corrected chi connectivity index (χ0v) is 11.1. The van der Waals surface area contributed by atoms with E-state index in [1.54, 1.807) is 0 Å². The lowest BCUT2D eigenvalue weighted by atomic mass is 9.92. The lowest BCUT2D eigenvalue weighted by molar-refractivity contribution is 0.381. The van der Waals surface area contributed by atoms with Crippen LogP contribution < -0.4 is 5.73 Å². The fraction of sp³-hybridized carbons (Fsp3) is 0.769. The molecule has 2 heterocycles. The predicted molar refractivity (Wildman–Crippen MR) is 70.0 cm³/mol. The fourth-order valence-corrected chi connectivity index (χ4v) is 2.78. The zero-order valence-electron chi connectivity index (χ0n) is 11.1. The first-order chi connectivity index (χ1) is 8.13. The van der Waals surface area contributed by atoms with E-state index in [4.69, 9.17) is 5.73 Å².